The molecule has 6 nitrogen and oxygen atoms in total. The van der Waals surface area contributed by atoms with Crippen LogP contribution in [0.1, 0.15) is 24.0 Å². The molecule has 1 fully saturated rings. The fraction of sp³-hybridized carbons (Fsp3) is 0.500. The summed E-state index contributed by atoms with van der Waals surface area (Å²) >= 11 is 0. The van der Waals surface area contributed by atoms with Gasteiger partial charge in [-0.25, -0.2) is 0 Å². The Hall–Kier alpha value is -2.10. The van der Waals surface area contributed by atoms with Crippen molar-refractivity contribution >= 4 is 5.91 Å². The van der Waals surface area contributed by atoms with Gasteiger partial charge in [0.15, 0.2) is 6.79 Å². The third-order valence-corrected chi connectivity index (χ3v) is 3.45. The van der Waals surface area contributed by atoms with Gasteiger partial charge in [-0.3, -0.25) is 4.79 Å². The molecule has 118 valence electrons. The first-order chi connectivity index (χ1) is 10.7. The molecule has 1 aromatic carbocycles. The molecule has 1 heterocycles. The first-order valence-corrected chi connectivity index (χ1v) is 7.25. The molecule has 0 radical (unpaired) electrons. The molecule has 1 aromatic rings. The second-order valence-electron chi connectivity index (χ2n) is 5.02. The van der Waals surface area contributed by atoms with Crippen LogP contribution >= 0.6 is 0 Å². The molecule has 1 saturated heterocycles. The quantitative estimate of drug-likeness (QED) is 0.540. The number of carbonyl (C=O) groups is 1. The standard InChI is InChI=1S/C16H20N2O4/c1-20-7-8-21-12-22-15-5-4-13(10-17)9-14(15)11-18-6-2-3-16(18)19/h4-5,9H,2-3,6-8,11-12H2,1H3. The van der Waals surface area contributed by atoms with Crippen molar-refractivity contribution in [2.24, 2.45) is 0 Å². The summed E-state index contributed by atoms with van der Waals surface area (Å²) in [6.07, 6.45) is 1.47. The lowest BCUT2D eigenvalue weighted by molar-refractivity contribution is -0.128. The lowest BCUT2D eigenvalue weighted by Gasteiger charge is -2.18. The van der Waals surface area contributed by atoms with Crippen LogP contribution in [0.5, 0.6) is 5.75 Å². The largest absolute Gasteiger partial charge is 0.467 e. The lowest BCUT2D eigenvalue weighted by Crippen LogP contribution is -2.24. The average molecular weight is 304 g/mol. The van der Waals surface area contributed by atoms with E-state index in [0.29, 0.717) is 37.5 Å². The summed E-state index contributed by atoms with van der Waals surface area (Å²) in [5, 5.41) is 9.03. The van der Waals surface area contributed by atoms with Crippen molar-refractivity contribution in [1.29, 1.82) is 5.26 Å². The highest BCUT2D eigenvalue weighted by Gasteiger charge is 2.21. The van der Waals surface area contributed by atoms with Gasteiger partial charge in [-0.1, -0.05) is 0 Å². The van der Waals surface area contributed by atoms with E-state index in [4.69, 9.17) is 19.5 Å². The van der Waals surface area contributed by atoms with E-state index < -0.39 is 0 Å². The SMILES string of the molecule is COCCOCOc1ccc(C#N)cc1CN1CCCC1=O. The van der Waals surface area contributed by atoms with Crippen LogP contribution in [-0.4, -0.2) is 44.5 Å². The summed E-state index contributed by atoms with van der Waals surface area (Å²) in [6, 6.07) is 7.31. The maximum atomic E-state index is 11.8. The molecule has 1 aliphatic rings. The fourth-order valence-electron chi connectivity index (χ4n) is 2.30. The molecule has 1 amide bonds. The molecule has 1 aliphatic heterocycles. The van der Waals surface area contributed by atoms with Crippen LogP contribution in [0.4, 0.5) is 0 Å². The Morgan fingerprint density at radius 1 is 1.36 bits per heavy atom. The van der Waals surface area contributed by atoms with E-state index in [9.17, 15) is 4.79 Å². The number of hydrogen-bond acceptors (Lipinski definition) is 5. The molecule has 2 rings (SSSR count). The number of benzene rings is 1. The molecule has 0 aromatic heterocycles. The van der Waals surface area contributed by atoms with Gasteiger partial charge in [-0.2, -0.15) is 5.26 Å². The van der Waals surface area contributed by atoms with Gasteiger partial charge >= 0.3 is 0 Å². The van der Waals surface area contributed by atoms with Crippen molar-refractivity contribution in [2.75, 3.05) is 33.7 Å². The number of ether oxygens (including phenoxy) is 3. The molecule has 0 N–H and O–H groups in total. The van der Waals surface area contributed by atoms with Crippen LogP contribution in [0, 0.1) is 11.3 Å². The molecule has 0 unspecified atom stereocenters. The van der Waals surface area contributed by atoms with Crippen molar-refractivity contribution in [3.8, 4) is 11.8 Å². The minimum absolute atomic E-state index is 0.107. The second kappa shape index (κ2) is 8.37. The summed E-state index contributed by atoms with van der Waals surface area (Å²) in [6.45, 7) is 2.27. The number of amides is 1. The Morgan fingerprint density at radius 2 is 2.23 bits per heavy atom. The number of nitrogens with zero attached hydrogens (tertiary/aromatic N) is 2. The van der Waals surface area contributed by atoms with E-state index in [0.717, 1.165) is 18.5 Å². The highest BCUT2D eigenvalue weighted by atomic mass is 16.7. The van der Waals surface area contributed by atoms with Gasteiger partial charge in [0.1, 0.15) is 5.75 Å². The third-order valence-electron chi connectivity index (χ3n) is 3.45. The van der Waals surface area contributed by atoms with E-state index >= 15 is 0 Å². The van der Waals surface area contributed by atoms with Crippen LogP contribution < -0.4 is 4.74 Å². The molecule has 0 spiro atoms. The Balaban J connectivity index is 2.01. The average Bonchev–Trinajstić information content (AvgIpc) is 2.93. The highest BCUT2D eigenvalue weighted by molar-refractivity contribution is 5.78. The first kappa shape index (κ1) is 16.3. The van der Waals surface area contributed by atoms with Crippen LogP contribution in [0.25, 0.3) is 0 Å². The zero-order valence-corrected chi connectivity index (χ0v) is 12.7. The Bertz CT molecular complexity index is 554. The van der Waals surface area contributed by atoms with Crippen molar-refractivity contribution < 1.29 is 19.0 Å². The van der Waals surface area contributed by atoms with Crippen molar-refractivity contribution in [2.45, 2.75) is 19.4 Å². The zero-order chi connectivity index (χ0) is 15.8. The Labute approximate surface area is 130 Å². The monoisotopic (exact) mass is 304 g/mol. The number of nitriles is 1. The number of hydrogen-bond donors (Lipinski definition) is 0. The van der Waals surface area contributed by atoms with Crippen LogP contribution in [0.15, 0.2) is 18.2 Å². The van der Waals surface area contributed by atoms with E-state index in [1.807, 2.05) is 0 Å². The molecule has 0 aliphatic carbocycles. The molecular weight excluding hydrogens is 284 g/mol. The number of methoxy groups -OCH3 is 1. The van der Waals surface area contributed by atoms with Crippen LogP contribution in [-0.2, 0) is 20.8 Å². The topological polar surface area (TPSA) is 71.8 Å². The summed E-state index contributed by atoms with van der Waals surface area (Å²) in [4.78, 5) is 13.5. The zero-order valence-electron chi connectivity index (χ0n) is 12.7. The number of carbonyl (C=O) groups excluding carboxylic acids is 1. The normalized spacial score (nSPS) is 14.2. The molecule has 22 heavy (non-hydrogen) atoms. The lowest BCUT2D eigenvalue weighted by atomic mass is 10.1. The fourth-order valence-corrected chi connectivity index (χ4v) is 2.30. The Kier molecular flexibility index (Phi) is 6.19. The molecule has 6 heteroatoms. The van der Waals surface area contributed by atoms with Gasteiger partial charge in [0.2, 0.25) is 5.91 Å². The van der Waals surface area contributed by atoms with Gasteiger partial charge in [0, 0.05) is 32.2 Å². The van der Waals surface area contributed by atoms with Crippen molar-refractivity contribution in [3.05, 3.63) is 29.3 Å². The third kappa shape index (κ3) is 4.45. The van der Waals surface area contributed by atoms with Crippen LogP contribution in [0.3, 0.4) is 0 Å². The maximum Gasteiger partial charge on any atom is 0.222 e. The van der Waals surface area contributed by atoms with Crippen molar-refractivity contribution in [3.63, 3.8) is 0 Å². The summed E-state index contributed by atoms with van der Waals surface area (Å²) in [5.41, 5.74) is 1.37. The number of rotatable bonds is 8. The van der Waals surface area contributed by atoms with E-state index in [-0.39, 0.29) is 12.7 Å². The van der Waals surface area contributed by atoms with E-state index in [2.05, 4.69) is 6.07 Å². The minimum atomic E-state index is 0.107. The second-order valence-corrected chi connectivity index (χ2v) is 5.02. The van der Waals surface area contributed by atoms with Gasteiger partial charge in [-0.15, -0.1) is 0 Å². The van der Waals surface area contributed by atoms with Gasteiger partial charge in [0.05, 0.1) is 24.8 Å². The van der Waals surface area contributed by atoms with Gasteiger partial charge < -0.3 is 19.1 Å². The molecule has 0 atom stereocenters. The predicted molar refractivity (Wildman–Crippen MR) is 79.1 cm³/mol. The number of likely N-dealkylation sites (tertiary alicyclic amines) is 1. The van der Waals surface area contributed by atoms with Crippen LogP contribution in [0.2, 0.25) is 0 Å². The Morgan fingerprint density at radius 3 is 2.91 bits per heavy atom. The summed E-state index contributed by atoms with van der Waals surface area (Å²) in [7, 11) is 1.61. The maximum absolute atomic E-state index is 11.8. The van der Waals surface area contributed by atoms with E-state index in [1.54, 1.807) is 30.2 Å². The predicted octanol–water partition coefficient (Wildman–Crippen LogP) is 1.68. The molecule has 0 bridgehead atoms. The highest BCUT2D eigenvalue weighted by Crippen LogP contribution is 2.24. The smallest absolute Gasteiger partial charge is 0.222 e. The summed E-state index contributed by atoms with van der Waals surface area (Å²) in [5.74, 6) is 0.778. The van der Waals surface area contributed by atoms with E-state index in [1.165, 1.54) is 0 Å². The van der Waals surface area contributed by atoms with Gasteiger partial charge in [0.25, 0.3) is 0 Å². The van der Waals surface area contributed by atoms with Crippen molar-refractivity contribution in [1.82, 2.24) is 4.90 Å². The minimum Gasteiger partial charge on any atom is -0.467 e. The summed E-state index contributed by atoms with van der Waals surface area (Å²) < 4.78 is 15.8. The molecular formula is C16H20N2O4. The van der Waals surface area contributed by atoms with Gasteiger partial charge in [-0.05, 0) is 24.6 Å². The molecule has 0 saturated carbocycles. The first-order valence-electron chi connectivity index (χ1n) is 7.25.